The SMILES string of the molecule is Cc1nc2c(o1)CCCC2CC(=O)ON1C(=O)c2ccccc2C1=O. The van der Waals surface area contributed by atoms with Crippen LogP contribution < -0.4 is 0 Å². The van der Waals surface area contributed by atoms with Crippen LogP contribution >= 0.6 is 0 Å². The second-order valence-corrected chi connectivity index (χ2v) is 6.25. The van der Waals surface area contributed by atoms with E-state index in [-0.39, 0.29) is 23.5 Å². The molecule has 0 saturated carbocycles. The average molecular weight is 340 g/mol. The van der Waals surface area contributed by atoms with E-state index in [0.717, 1.165) is 30.7 Å². The van der Waals surface area contributed by atoms with Gasteiger partial charge in [-0.05, 0) is 25.0 Å². The first-order chi connectivity index (χ1) is 12.0. The van der Waals surface area contributed by atoms with Crippen LogP contribution in [0.1, 0.15) is 63.2 Å². The fourth-order valence-corrected chi connectivity index (χ4v) is 3.42. The maximum atomic E-state index is 12.3. The lowest BCUT2D eigenvalue weighted by molar-refractivity contribution is -0.169. The highest BCUT2D eigenvalue weighted by Crippen LogP contribution is 2.34. The van der Waals surface area contributed by atoms with Crippen molar-refractivity contribution in [1.29, 1.82) is 0 Å². The minimum Gasteiger partial charge on any atom is -0.446 e. The molecule has 1 aromatic heterocycles. The lowest BCUT2D eigenvalue weighted by Gasteiger charge is -2.20. The van der Waals surface area contributed by atoms with Crippen molar-refractivity contribution in [3.05, 3.63) is 52.7 Å². The Balaban J connectivity index is 1.47. The third-order valence-corrected chi connectivity index (χ3v) is 4.54. The summed E-state index contributed by atoms with van der Waals surface area (Å²) in [6.45, 7) is 1.77. The zero-order valence-corrected chi connectivity index (χ0v) is 13.7. The van der Waals surface area contributed by atoms with Crippen LogP contribution in [0.2, 0.25) is 0 Å². The van der Waals surface area contributed by atoms with Crippen molar-refractivity contribution in [3.63, 3.8) is 0 Å². The fraction of sp³-hybridized carbons (Fsp3) is 0.333. The zero-order chi connectivity index (χ0) is 17.6. The van der Waals surface area contributed by atoms with Crippen molar-refractivity contribution in [1.82, 2.24) is 10.0 Å². The van der Waals surface area contributed by atoms with Gasteiger partial charge >= 0.3 is 5.97 Å². The summed E-state index contributed by atoms with van der Waals surface area (Å²) in [6, 6.07) is 6.39. The number of imide groups is 1. The molecule has 1 aromatic carbocycles. The van der Waals surface area contributed by atoms with Crippen LogP contribution in [0.25, 0.3) is 0 Å². The normalized spacial score (nSPS) is 18.9. The molecule has 0 radical (unpaired) electrons. The summed E-state index contributed by atoms with van der Waals surface area (Å²) < 4.78 is 5.55. The quantitative estimate of drug-likeness (QED) is 0.798. The average Bonchev–Trinajstić information content (AvgIpc) is 3.09. The van der Waals surface area contributed by atoms with Gasteiger partial charge in [-0.25, -0.2) is 9.78 Å². The first-order valence-corrected chi connectivity index (χ1v) is 8.19. The van der Waals surface area contributed by atoms with Crippen LogP contribution in [-0.2, 0) is 16.1 Å². The van der Waals surface area contributed by atoms with Gasteiger partial charge in [-0.2, -0.15) is 0 Å². The van der Waals surface area contributed by atoms with Gasteiger partial charge < -0.3 is 9.25 Å². The summed E-state index contributed by atoms with van der Waals surface area (Å²) in [7, 11) is 0. The summed E-state index contributed by atoms with van der Waals surface area (Å²) in [5.74, 6) is -0.601. The van der Waals surface area contributed by atoms with E-state index in [4.69, 9.17) is 9.25 Å². The topological polar surface area (TPSA) is 89.7 Å². The second kappa shape index (κ2) is 5.84. The molecular formula is C18H16N2O5. The van der Waals surface area contributed by atoms with Crippen molar-refractivity contribution < 1.29 is 23.6 Å². The molecule has 0 saturated heterocycles. The molecule has 2 aliphatic rings. The van der Waals surface area contributed by atoms with Crippen molar-refractivity contribution in [3.8, 4) is 0 Å². The number of hydroxylamine groups is 2. The van der Waals surface area contributed by atoms with Crippen molar-refractivity contribution in [2.75, 3.05) is 0 Å². The minimum absolute atomic E-state index is 0.0480. The molecule has 1 aliphatic carbocycles. The van der Waals surface area contributed by atoms with Gasteiger partial charge in [0.2, 0.25) is 0 Å². The Labute approximate surface area is 143 Å². The molecule has 128 valence electrons. The Morgan fingerprint density at radius 3 is 2.64 bits per heavy atom. The maximum absolute atomic E-state index is 12.3. The minimum atomic E-state index is -0.631. The third-order valence-electron chi connectivity index (χ3n) is 4.54. The van der Waals surface area contributed by atoms with Gasteiger partial charge in [-0.15, -0.1) is 0 Å². The standard InChI is InChI=1S/C18H16N2O5/c1-10-19-16-11(5-4-8-14(16)24-10)9-15(21)25-20-17(22)12-6-2-3-7-13(12)18(20)23/h2-3,6-7,11H,4-5,8-9H2,1H3. The fourth-order valence-electron chi connectivity index (χ4n) is 3.42. The number of oxazole rings is 1. The van der Waals surface area contributed by atoms with Crippen LogP contribution in [0.15, 0.2) is 28.7 Å². The second-order valence-electron chi connectivity index (χ2n) is 6.25. The van der Waals surface area contributed by atoms with Crippen LogP contribution in [0.4, 0.5) is 0 Å². The number of rotatable bonds is 3. The van der Waals surface area contributed by atoms with Crippen molar-refractivity contribution in [2.45, 2.75) is 38.5 Å². The number of aryl methyl sites for hydroxylation is 2. The molecule has 0 bridgehead atoms. The molecule has 25 heavy (non-hydrogen) atoms. The largest absolute Gasteiger partial charge is 0.446 e. The molecule has 0 spiro atoms. The van der Waals surface area contributed by atoms with Crippen molar-refractivity contribution in [2.24, 2.45) is 0 Å². The Morgan fingerprint density at radius 2 is 1.96 bits per heavy atom. The number of nitrogens with zero attached hydrogens (tertiary/aromatic N) is 2. The summed E-state index contributed by atoms with van der Waals surface area (Å²) in [5, 5.41) is 0.546. The number of hydrogen-bond acceptors (Lipinski definition) is 6. The molecule has 0 fully saturated rings. The molecule has 0 N–H and O–H groups in total. The number of carbonyl (C=O) groups is 3. The number of aromatic nitrogens is 1. The predicted octanol–water partition coefficient (Wildman–Crippen LogP) is 2.55. The summed E-state index contributed by atoms with van der Waals surface area (Å²) in [5.41, 5.74) is 1.27. The molecule has 1 aliphatic heterocycles. The van der Waals surface area contributed by atoms with Gasteiger partial charge in [0.05, 0.1) is 23.2 Å². The Hall–Kier alpha value is -2.96. The molecule has 2 amide bonds. The number of amides is 2. The van der Waals surface area contributed by atoms with E-state index in [1.807, 2.05) is 0 Å². The van der Waals surface area contributed by atoms with E-state index >= 15 is 0 Å². The lowest BCUT2D eigenvalue weighted by Crippen LogP contribution is -2.33. The lowest BCUT2D eigenvalue weighted by atomic mass is 9.88. The predicted molar refractivity (Wildman–Crippen MR) is 84.6 cm³/mol. The van der Waals surface area contributed by atoms with E-state index in [0.29, 0.717) is 11.0 Å². The molecule has 4 rings (SSSR count). The molecule has 7 heteroatoms. The van der Waals surface area contributed by atoms with Gasteiger partial charge in [0, 0.05) is 19.3 Å². The highest BCUT2D eigenvalue weighted by molar-refractivity contribution is 6.20. The Kier molecular flexibility index (Phi) is 3.63. The Bertz CT molecular complexity index is 850. The van der Waals surface area contributed by atoms with E-state index in [9.17, 15) is 14.4 Å². The van der Waals surface area contributed by atoms with Crippen LogP contribution in [-0.4, -0.2) is 27.8 Å². The van der Waals surface area contributed by atoms with Crippen LogP contribution in [0.5, 0.6) is 0 Å². The summed E-state index contributed by atoms with van der Waals surface area (Å²) in [4.78, 5) is 46.2. The number of benzene rings is 1. The van der Waals surface area contributed by atoms with E-state index in [1.165, 1.54) is 12.1 Å². The molecule has 2 heterocycles. The molecule has 1 atom stereocenters. The van der Waals surface area contributed by atoms with Gasteiger partial charge in [0.1, 0.15) is 5.76 Å². The number of carbonyl (C=O) groups excluding carboxylic acids is 3. The van der Waals surface area contributed by atoms with Crippen LogP contribution in [0.3, 0.4) is 0 Å². The number of fused-ring (bicyclic) bond motifs is 2. The van der Waals surface area contributed by atoms with E-state index in [1.54, 1.807) is 19.1 Å². The first kappa shape index (κ1) is 15.6. The highest BCUT2D eigenvalue weighted by atomic mass is 16.7. The Morgan fingerprint density at radius 1 is 1.28 bits per heavy atom. The molecule has 2 aromatic rings. The summed E-state index contributed by atoms with van der Waals surface area (Å²) >= 11 is 0. The van der Waals surface area contributed by atoms with Gasteiger partial charge in [0.25, 0.3) is 11.8 Å². The molecule has 1 unspecified atom stereocenters. The number of hydrogen-bond donors (Lipinski definition) is 0. The van der Waals surface area contributed by atoms with Gasteiger partial charge in [0.15, 0.2) is 5.89 Å². The van der Waals surface area contributed by atoms with E-state index in [2.05, 4.69) is 4.98 Å². The van der Waals surface area contributed by atoms with E-state index < -0.39 is 17.8 Å². The highest BCUT2D eigenvalue weighted by Gasteiger charge is 2.39. The summed E-state index contributed by atoms with van der Waals surface area (Å²) in [6.07, 6.45) is 2.54. The van der Waals surface area contributed by atoms with Crippen molar-refractivity contribution >= 4 is 17.8 Å². The monoisotopic (exact) mass is 340 g/mol. The van der Waals surface area contributed by atoms with Gasteiger partial charge in [-0.3, -0.25) is 9.59 Å². The smallest absolute Gasteiger partial charge is 0.333 e. The zero-order valence-electron chi connectivity index (χ0n) is 13.7. The molecular weight excluding hydrogens is 324 g/mol. The molecule has 7 nitrogen and oxygen atoms in total. The maximum Gasteiger partial charge on any atom is 0.333 e. The third kappa shape index (κ3) is 2.61. The first-order valence-electron chi connectivity index (χ1n) is 8.19. The van der Waals surface area contributed by atoms with Gasteiger partial charge in [-0.1, -0.05) is 17.2 Å². The van der Waals surface area contributed by atoms with Crippen LogP contribution in [0, 0.1) is 6.92 Å².